The minimum absolute atomic E-state index is 0.00236. The van der Waals surface area contributed by atoms with Gasteiger partial charge in [-0.15, -0.1) is 0 Å². The van der Waals surface area contributed by atoms with Crippen LogP contribution < -0.4 is 0 Å². The maximum atomic E-state index is 11.0. The molecular formula is C8H9N4O2P. The van der Waals surface area contributed by atoms with Gasteiger partial charge in [0.25, 0.3) is 0 Å². The first-order valence-electron chi connectivity index (χ1n) is 4.36. The molecule has 78 valence electrons. The fourth-order valence-corrected chi connectivity index (χ4v) is 1.76. The van der Waals surface area contributed by atoms with Gasteiger partial charge < -0.3 is 5.11 Å². The lowest BCUT2D eigenvalue weighted by Crippen LogP contribution is -2.00. The normalized spacial score (nSPS) is 10.8. The topological polar surface area (TPSA) is 80.9 Å². The summed E-state index contributed by atoms with van der Waals surface area (Å²) < 4.78 is 1.37. The van der Waals surface area contributed by atoms with E-state index in [4.69, 9.17) is 5.11 Å². The summed E-state index contributed by atoms with van der Waals surface area (Å²) in [6.45, 7) is 1.91. The Morgan fingerprint density at radius 2 is 2.33 bits per heavy atom. The summed E-state index contributed by atoms with van der Waals surface area (Å²) in [5.74, 6) is -1.06. The van der Waals surface area contributed by atoms with E-state index in [0.29, 0.717) is 23.1 Å². The second-order valence-corrected chi connectivity index (χ2v) is 3.46. The highest BCUT2D eigenvalue weighted by molar-refractivity contribution is 7.14. The zero-order chi connectivity index (χ0) is 11.0. The summed E-state index contributed by atoms with van der Waals surface area (Å²) in [6.07, 6.45) is 2.06. The van der Waals surface area contributed by atoms with Crippen LogP contribution in [0.5, 0.6) is 0 Å². The average Bonchev–Trinajstić information content (AvgIpc) is 2.56. The summed E-state index contributed by atoms with van der Waals surface area (Å²) in [4.78, 5) is 19.0. The first-order valence-corrected chi connectivity index (χ1v) is 4.87. The minimum Gasteiger partial charge on any atom is -0.476 e. The van der Waals surface area contributed by atoms with Gasteiger partial charge >= 0.3 is 5.97 Å². The van der Waals surface area contributed by atoms with Crippen LogP contribution >= 0.6 is 9.39 Å². The number of carboxylic acid groups (broad SMARTS) is 1. The smallest absolute Gasteiger partial charge is 0.357 e. The van der Waals surface area contributed by atoms with Crippen molar-refractivity contribution in [2.75, 3.05) is 0 Å². The van der Waals surface area contributed by atoms with Gasteiger partial charge in [0.15, 0.2) is 11.3 Å². The van der Waals surface area contributed by atoms with Crippen LogP contribution in [-0.4, -0.2) is 30.6 Å². The summed E-state index contributed by atoms with van der Waals surface area (Å²) in [5.41, 5.74) is 1.22. The third kappa shape index (κ3) is 1.47. The summed E-state index contributed by atoms with van der Waals surface area (Å²) in [7, 11) is 2.30. The van der Waals surface area contributed by atoms with E-state index in [0.717, 1.165) is 0 Å². The van der Waals surface area contributed by atoms with E-state index in [-0.39, 0.29) is 5.69 Å². The molecule has 0 aliphatic rings. The van der Waals surface area contributed by atoms with Crippen molar-refractivity contribution in [1.29, 1.82) is 0 Å². The minimum atomic E-state index is -1.06. The molecule has 0 radical (unpaired) electrons. The van der Waals surface area contributed by atoms with Crippen LogP contribution in [0.1, 0.15) is 23.1 Å². The van der Waals surface area contributed by atoms with Gasteiger partial charge in [-0.25, -0.2) is 19.2 Å². The highest BCUT2D eigenvalue weighted by Crippen LogP contribution is 2.21. The van der Waals surface area contributed by atoms with Crippen LogP contribution in [0.3, 0.4) is 0 Å². The molecule has 2 aromatic heterocycles. The zero-order valence-corrected chi connectivity index (χ0v) is 9.16. The fraction of sp³-hybridized carbons (Fsp3) is 0.250. The van der Waals surface area contributed by atoms with Gasteiger partial charge in [-0.1, -0.05) is 6.92 Å². The Kier molecular flexibility index (Phi) is 2.36. The van der Waals surface area contributed by atoms with Crippen molar-refractivity contribution in [3.05, 3.63) is 17.7 Å². The molecule has 6 nitrogen and oxygen atoms in total. The summed E-state index contributed by atoms with van der Waals surface area (Å²) in [6, 6.07) is 0. The van der Waals surface area contributed by atoms with Gasteiger partial charge in [-0.2, -0.15) is 5.10 Å². The van der Waals surface area contributed by atoms with Gasteiger partial charge in [0, 0.05) is 0 Å². The lowest BCUT2D eigenvalue weighted by molar-refractivity contribution is 0.0692. The number of aromatic carboxylic acids is 1. The van der Waals surface area contributed by atoms with Crippen LogP contribution in [0.15, 0.2) is 6.33 Å². The molecule has 7 heteroatoms. The van der Waals surface area contributed by atoms with E-state index in [2.05, 4.69) is 24.5 Å². The number of hydrogen-bond donors (Lipinski definition) is 1. The lowest BCUT2D eigenvalue weighted by atomic mass is 10.2. The third-order valence-electron chi connectivity index (χ3n) is 2.10. The highest BCUT2D eigenvalue weighted by atomic mass is 31.0. The largest absolute Gasteiger partial charge is 0.476 e. The third-order valence-corrected chi connectivity index (χ3v) is 2.46. The van der Waals surface area contributed by atoms with Crippen molar-refractivity contribution in [3.8, 4) is 0 Å². The molecule has 2 rings (SSSR count). The van der Waals surface area contributed by atoms with Crippen molar-refractivity contribution in [3.63, 3.8) is 0 Å². The maximum Gasteiger partial charge on any atom is 0.357 e. The van der Waals surface area contributed by atoms with Gasteiger partial charge in [-0.3, -0.25) is 0 Å². The number of aryl methyl sites for hydroxylation is 1. The predicted molar refractivity (Wildman–Crippen MR) is 56.8 cm³/mol. The van der Waals surface area contributed by atoms with Gasteiger partial charge in [0.2, 0.25) is 0 Å². The molecule has 0 fully saturated rings. The van der Waals surface area contributed by atoms with Crippen molar-refractivity contribution in [1.82, 2.24) is 19.5 Å². The number of rotatable bonds is 2. The molecule has 0 spiro atoms. The van der Waals surface area contributed by atoms with E-state index in [1.54, 1.807) is 0 Å². The van der Waals surface area contributed by atoms with Crippen molar-refractivity contribution >= 4 is 26.4 Å². The molecule has 0 aliphatic carbocycles. The molecule has 1 N–H and O–H groups in total. The quantitative estimate of drug-likeness (QED) is 0.760. The molecule has 0 saturated heterocycles. The maximum absolute atomic E-state index is 11.0. The van der Waals surface area contributed by atoms with Crippen molar-refractivity contribution in [2.24, 2.45) is 0 Å². The number of aromatic nitrogens is 4. The molecule has 0 aromatic carbocycles. The second kappa shape index (κ2) is 3.55. The molecule has 15 heavy (non-hydrogen) atoms. The number of carboxylic acids is 1. The van der Waals surface area contributed by atoms with E-state index >= 15 is 0 Å². The Balaban J connectivity index is 2.88. The number of hydrogen-bond acceptors (Lipinski definition) is 4. The first kappa shape index (κ1) is 9.98. The molecular weight excluding hydrogens is 215 g/mol. The summed E-state index contributed by atoms with van der Waals surface area (Å²) in [5, 5.41) is 13.4. The van der Waals surface area contributed by atoms with Gasteiger partial charge in [-0.05, 0) is 15.8 Å². The van der Waals surface area contributed by atoms with Crippen LogP contribution in [0.2, 0.25) is 0 Å². The molecule has 1 atom stereocenters. The molecule has 0 amide bonds. The Labute approximate surface area is 87.6 Å². The SMILES string of the molecule is CCc1ncnc2c1c(C(=O)O)nn2P. The predicted octanol–water partition coefficient (Wildman–Crippen LogP) is 0.725. The van der Waals surface area contributed by atoms with Crippen LogP contribution in [0.4, 0.5) is 0 Å². The first-order chi connectivity index (χ1) is 7.15. The van der Waals surface area contributed by atoms with Crippen LogP contribution in [0.25, 0.3) is 11.0 Å². The Bertz CT molecular complexity index is 537. The number of nitrogens with zero attached hydrogens (tertiary/aromatic N) is 4. The molecule has 0 saturated carbocycles. The Morgan fingerprint density at radius 1 is 1.60 bits per heavy atom. The van der Waals surface area contributed by atoms with Gasteiger partial charge in [0.1, 0.15) is 6.33 Å². The second-order valence-electron chi connectivity index (χ2n) is 2.97. The van der Waals surface area contributed by atoms with Crippen molar-refractivity contribution in [2.45, 2.75) is 13.3 Å². The molecule has 1 unspecified atom stereocenters. The zero-order valence-electron chi connectivity index (χ0n) is 8.01. The highest BCUT2D eigenvalue weighted by Gasteiger charge is 2.18. The molecule has 0 bridgehead atoms. The number of carbonyl (C=O) groups is 1. The monoisotopic (exact) mass is 224 g/mol. The number of fused-ring (bicyclic) bond motifs is 1. The molecule has 2 heterocycles. The van der Waals surface area contributed by atoms with E-state index in [1.807, 2.05) is 6.92 Å². The van der Waals surface area contributed by atoms with Crippen LogP contribution in [0, 0.1) is 0 Å². The molecule has 0 aliphatic heterocycles. The Morgan fingerprint density at radius 3 is 2.93 bits per heavy atom. The van der Waals surface area contributed by atoms with Crippen molar-refractivity contribution < 1.29 is 9.90 Å². The lowest BCUT2D eigenvalue weighted by Gasteiger charge is -1.97. The Hall–Kier alpha value is -1.55. The summed E-state index contributed by atoms with van der Waals surface area (Å²) >= 11 is 0. The standard InChI is InChI=1S/C8H9N4O2P/c1-2-4-5-6(8(13)14)11-12(15)7(5)10-3-9-4/h3H,2,15H2,1H3,(H,13,14). The van der Waals surface area contributed by atoms with Gasteiger partial charge in [0.05, 0.1) is 11.1 Å². The van der Waals surface area contributed by atoms with E-state index < -0.39 is 5.97 Å². The average molecular weight is 224 g/mol. The van der Waals surface area contributed by atoms with Crippen LogP contribution in [-0.2, 0) is 6.42 Å². The molecule has 2 aromatic rings. The van der Waals surface area contributed by atoms with E-state index in [9.17, 15) is 4.79 Å². The van der Waals surface area contributed by atoms with E-state index in [1.165, 1.54) is 10.8 Å². The fourth-order valence-electron chi connectivity index (χ4n) is 1.45.